The number of hydrogen-bond donors (Lipinski definition) is 0. The van der Waals surface area contributed by atoms with E-state index in [1.807, 2.05) is 6.92 Å². The van der Waals surface area contributed by atoms with E-state index in [0.29, 0.717) is 13.0 Å². The molecule has 0 spiro atoms. The van der Waals surface area contributed by atoms with Gasteiger partial charge < -0.3 is 8.97 Å². The second-order valence-corrected chi connectivity index (χ2v) is 16.3. The highest BCUT2D eigenvalue weighted by atomic mass is 28.4. The van der Waals surface area contributed by atoms with Gasteiger partial charge in [0.1, 0.15) is 16.5 Å². The molecule has 0 aromatic carbocycles. The third-order valence-electron chi connectivity index (χ3n) is 2.46. The van der Waals surface area contributed by atoms with Crippen molar-refractivity contribution in [2.24, 2.45) is 0 Å². The molecule has 0 fully saturated rings. The fraction of sp³-hybridized carbons (Fsp3) is 0.909. The Balaban J connectivity index is 4.42. The molecule has 16 heavy (non-hydrogen) atoms. The summed E-state index contributed by atoms with van der Waals surface area (Å²) in [5.41, 5.74) is 0. The highest BCUT2D eigenvalue weighted by Crippen LogP contribution is 2.19. The molecular formula is C11H27NO2Si2. The maximum atomic E-state index is 11.4. The molecule has 0 aliphatic carbocycles. The van der Waals surface area contributed by atoms with Crippen molar-refractivity contribution in [1.29, 1.82) is 0 Å². The van der Waals surface area contributed by atoms with Crippen molar-refractivity contribution in [3.63, 3.8) is 0 Å². The monoisotopic (exact) mass is 261 g/mol. The number of carbonyl (C=O) groups excluding carboxylic acids is 1. The summed E-state index contributed by atoms with van der Waals surface area (Å²) in [6, 6.07) is 0. The average Bonchev–Trinajstić information content (AvgIpc) is 1.99. The Hall–Kier alpha value is -0.136. The number of hydrogen-bond acceptors (Lipinski definition) is 3. The standard InChI is InChI=1S/C11H27NO2Si2/c1-8-14-11(13)9-10-12(15(2,3)4)16(5,6)7/h8-10H2,1-7H3. The van der Waals surface area contributed by atoms with Crippen LogP contribution in [-0.4, -0.2) is 39.8 Å². The van der Waals surface area contributed by atoms with Crippen LogP contribution in [0.4, 0.5) is 0 Å². The molecule has 0 unspecified atom stereocenters. The molecule has 0 saturated carbocycles. The van der Waals surface area contributed by atoms with Crippen LogP contribution >= 0.6 is 0 Å². The summed E-state index contributed by atoms with van der Waals surface area (Å²) in [5.74, 6) is -0.0657. The first-order valence-electron chi connectivity index (χ1n) is 6.02. The van der Waals surface area contributed by atoms with E-state index in [1.165, 1.54) is 0 Å². The molecule has 3 nitrogen and oxygen atoms in total. The largest absolute Gasteiger partial charge is 0.466 e. The van der Waals surface area contributed by atoms with Crippen LogP contribution in [0.1, 0.15) is 13.3 Å². The molecule has 0 radical (unpaired) electrons. The van der Waals surface area contributed by atoms with Gasteiger partial charge in [0, 0.05) is 0 Å². The lowest BCUT2D eigenvalue weighted by molar-refractivity contribution is -0.143. The highest BCUT2D eigenvalue weighted by Gasteiger charge is 2.34. The molecule has 0 rings (SSSR count). The Bertz CT molecular complexity index is 217. The van der Waals surface area contributed by atoms with E-state index < -0.39 is 16.5 Å². The molecule has 0 aromatic rings. The molecule has 0 aliphatic rings. The summed E-state index contributed by atoms with van der Waals surface area (Å²) in [6.07, 6.45) is 0.530. The van der Waals surface area contributed by atoms with Crippen LogP contribution in [0.25, 0.3) is 0 Å². The normalized spacial score (nSPS) is 13.0. The van der Waals surface area contributed by atoms with E-state index in [0.717, 1.165) is 6.54 Å². The van der Waals surface area contributed by atoms with Crippen LogP contribution < -0.4 is 0 Å². The van der Waals surface area contributed by atoms with Crippen molar-refractivity contribution in [3.8, 4) is 0 Å². The Morgan fingerprint density at radius 2 is 1.50 bits per heavy atom. The van der Waals surface area contributed by atoms with Crippen LogP contribution in [-0.2, 0) is 9.53 Å². The van der Waals surface area contributed by atoms with Crippen molar-refractivity contribution in [1.82, 2.24) is 4.23 Å². The fourth-order valence-corrected chi connectivity index (χ4v) is 11.7. The number of carbonyl (C=O) groups is 1. The number of rotatable bonds is 6. The van der Waals surface area contributed by atoms with E-state index in [2.05, 4.69) is 43.5 Å². The summed E-state index contributed by atoms with van der Waals surface area (Å²) >= 11 is 0. The van der Waals surface area contributed by atoms with Gasteiger partial charge >= 0.3 is 5.97 Å². The predicted molar refractivity (Wildman–Crippen MR) is 74.6 cm³/mol. The maximum absolute atomic E-state index is 11.4. The molecule has 0 aliphatic heterocycles. The zero-order valence-electron chi connectivity index (χ0n) is 11.9. The van der Waals surface area contributed by atoms with Crippen LogP contribution in [0.2, 0.25) is 39.3 Å². The van der Waals surface area contributed by atoms with Gasteiger partial charge in [-0.25, -0.2) is 0 Å². The smallest absolute Gasteiger partial charge is 0.307 e. The van der Waals surface area contributed by atoms with Crippen molar-refractivity contribution in [2.75, 3.05) is 13.2 Å². The van der Waals surface area contributed by atoms with Crippen LogP contribution in [0, 0.1) is 0 Å². The molecule has 96 valence electrons. The van der Waals surface area contributed by atoms with Gasteiger partial charge in [-0.05, 0) is 13.5 Å². The first-order valence-corrected chi connectivity index (χ1v) is 12.9. The molecule has 0 N–H and O–H groups in total. The lowest BCUT2D eigenvalue weighted by atomic mass is 10.4. The Morgan fingerprint density at radius 3 is 1.81 bits per heavy atom. The van der Waals surface area contributed by atoms with E-state index in [4.69, 9.17) is 4.74 Å². The Morgan fingerprint density at radius 1 is 1.06 bits per heavy atom. The van der Waals surface area contributed by atoms with Crippen molar-refractivity contribution in [2.45, 2.75) is 52.6 Å². The molecule has 0 heterocycles. The fourth-order valence-electron chi connectivity index (χ4n) is 2.11. The Labute approximate surface area is 102 Å². The third kappa shape index (κ3) is 5.81. The molecule has 0 bridgehead atoms. The van der Waals surface area contributed by atoms with Gasteiger partial charge in [-0.2, -0.15) is 0 Å². The molecule has 0 saturated heterocycles. The van der Waals surface area contributed by atoms with Crippen molar-refractivity contribution >= 4 is 22.4 Å². The second-order valence-electron chi connectivity index (χ2n) is 6.05. The topological polar surface area (TPSA) is 29.5 Å². The molecule has 5 heteroatoms. The zero-order chi connectivity index (χ0) is 13.0. The molecule has 0 atom stereocenters. The van der Waals surface area contributed by atoms with Crippen LogP contribution in [0.15, 0.2) is 0 Å². The van der Waals surface area contributed by atoms with Gasteiger partial charge in [-0.15, -0.1) is 0 Å². The third-order valence-corrected chi connectivity index (χ3v) is 10.2. The van der Waals surface area contributed by atoms with Crippen LogP contribution in [0.3, 0.4) is 0 Å². The molecule has 0 aromatic heterocycles. The Kier molecular flexibility index (Phi) is 5.93. The van der Waals surface area contributed by atoms with Crippen molar-refractivity contribution < 1.29 is 9.53 Å². The minimum atomic E-state index is -1.32. The van der Waals surface area contributed by atoms with Gasteiger partial charge in [0.05, 0.1) is 13.0 Å². The summed E-state index contributed by atoms with van der Waals surface area (Å²) in [7, 11) is -2.65. The van der Waals surface area contributed by atoms with E-state index >= 15 is 0 Å². The van der Waals surface area contributed by atoms with Gasteiger partial charge in [-0.1, -0.05) is 39.3 Å². The lowest BCUT2D eigenvalue weighted by Gasteiger charge is -2.43. The van der Waals surface area contributed by atoms with E-state index in [9.17, 15) is 4.79 Å². The maximum Gasteiger partial charge on any atom is 0.307 e. The van der Waals surface area contributed by atoms with Gasteiger partial charge in [0.15, 0.2) is 0 Å². The quantitative estimate of drug-likeness (QED) is 0.544. The number of esters is 1. The average molecular weight is 262 g/mol. The number of nitrogens with zero attached hydrogens (tertiary/aromatic N) is 1. The predicted octanol–water partition coefficient (Wildman–Crippen LogP) is 2.91. The summed E-state index contributed by atoms with van der Waals surface area (Å²) in [5, 5.41) is 0. The zero-order valence-corrected chi connectivity index (χ0v) is 13.9. The van der Waals surface area contributed by atoms with E-state index in [-0.39, 0.29) is 5.97 Å². The summed E-state index contributed by atoms with van der Waals surface area (Å²) in [6.45, 7) is 17.3. The van der Waals surface area contributed by atoms with Crippen molar-refractivity contribution in [3.05, 3.63) is 0 Å². The summed E-state index contributed by atoms with van der Waals surface area (Å²) in [4.78, 5) is 11.4. The lowest BCUT2D eigenvalue weighted by Crippen LogP contribution is -2.59. The van der Waals surface area contributed by atoms with Crippen LogP contribution in [0.5, 0.6) is 0 Å². The van der Waals surface area contributed by atoms with Gasteiger partial charge in [-0.3, -0.25) is 4.79 Å². The van der Waals surface area contributed by atoms with E-state index in [1.54, 1.807) is 0 Å². The second kappa shape index (κ2) is 5.98. The highest BCUT2D eigenvalue weighted by molar-refractivity contribution is 6.89. The molecule has 0 amide bonds. The summed E-state index contributed by atoms with van der Waals surface area (Å²) < 4.78 is 7.59. The van der Waals surface area contributed by atoms with Gasteiger partial charge in [0.2, 0.25) is 0 Å². The SMILES string of the molecule is CCOC(=O)CCN([Si](C)(C)C)[Si](C)(C)C. The van der Waals surface area contributed by atoms with Gasteiger partial charge in [0.25, 0.3) is 0 Å². The minimum Gasteiger partial charge on any atom is -0.466 e. The first-order chi connectivity index (χ1) is 7.09. The first kappa shape index (κ1) is 15.9. The molecular weight excluding hydrogens is 234 g/mol. The minimum absolute atomic E-state index is 0.0657. The number of ether oxygens (including phenoxy) is 1.